The van der Waals surface area contributed by atoms with Crippen LogP contribution in [0.2, 0.25) is 0 Å². The monoisotopic (exact) mass is 680 g/mol. The molecule has 46 heavy (non-hydrogen) atoms. The van der Waals surface area contributed by atoms with Crippen molar-refractivity contribution in [1.29, 1.82) is 0 Å². The zero-order valence-corrected chi connectivity index (χ0v) is 27.1. The van der Waals surface area contributed by atoms with Crippen LogP contribution in [-0.4, -0.2) is 102 Å². The van der Waals surface area contributed by atoms with Gasteiger partial charge >= 0.3 is 24.0 Å². The van der Waals surface area contributed by atoms with E-state index in [1.165, 1.54) is 71.4 Å². The number of alkyl carbamates (subject to hydrolysis) is 1. The number of nitrogens with zero attached hydrogens (tertiary/aromatic N) is 3. The number of nitro benzene ring substituents is 1. The molecule has 1 aromatic rings. The van der Waals surface area contributed by atoms with Gasteiger partial charge in [-0.2, -0.15) is 0 Å². The maximum Gasteiger partial charge on any atom is 0.408 e. The van der Waals surface area contributed by atoms with Crippen molar-refractivity contribution in [3.8, 4) is 0 Å². The number of fused-ring (bicyclic) bond motifs is 2. The third-order valence-corrected chi connectivity index (χ3v) is 11.1. The van der Waals surface area contributed by atoms with Gasteiger partial charge in [-0.05, 0) is 38.5 Å². The summed E-state index contributed by atoms with van der Waals surface area (Å²) in [6.07, 6.45) is -2.02. The number of benzene rings is 1. The Balaban J connectivity index is 1.16. The van der Waals surface area contributed by atoms with Gasteiger partial charge in [-0.25, -0.2) is 14.4 Å². The summed E-state index contributed by atoms with van der Waals surface area (Å²) in [5, 5.41) is 12.4. The highest BCUT2D eigenvalue weighted by atomic mass is 32.2. The number of nitrogens with one attached hydrogen (secondary N) is 1. The van der Waals surface area contributed by atoms with Crippen molar-refractivity contribution in [2.75, 3.05) is 6.61 Å². The first-order valence-electron chi connectivity index (χ1n) is 14.2. The molecular weight excluding hydrogens is 648 g/mol. The van der Waals surface area contributed by atoms with Crippen molar-refractivity contribution in [2.45, 2.75) is 92.3 Å². The molecule has 4 fully saturated rings. The van der Waals surface area contributed by atoms with Crippen molar-refractivity contribution in [3.63, 3.8) is 0 Å². The molecule has 7 atom stereocenters. The van der Waals surface area contributed by atoms with Crippen LogP contribution in [0.3, 0.4) is 0 Å². The number of non-ortho nitro benzene ring substituents is 1. The molecule has 1 N–H and O–H groups in total. The molecule has 0 radical (unpaired) electrons. The van der Waals surface area contributed by atoms with E-state index in [4.69, 9.17) is 18.9 Å². The molecule has 4 aliphatic rings. The second-order valence-electron chi connectivity index (χ2n) is 11.9. The predicted octanol–water partition coefficient (Wildman–Crippen LogP) is 1.68. The van der Waals surface area contributed by atoms with Gasteiger partial charge < -0.3 is 34.1 Å². The molecule has 4 saturated heterocycles. The van der Waals surface area contributed by atoms with Crippen molar-refractivity contribution >= 4 is 65.0 Å². The van der Waals surface area contributed by atoms with E-state index < -0.39 is 74.1 Å². The van der Waals surface area contributed by atoms with Crippen LogP contribution in [0.4, 0.5) is 10.5 Å². The van der Waals surface area contributed by atoms with Gasteiger partial charge in [0.15, 0.2) is 0 Å². The molecule has 0 saturated carbocycles. The summed E-state index contributed by atoms with van der Waals surface area (Å²) in [6.45, 7) is 7.43. The highest BCUT2D eigenvalue weighted by molar-refractivity contribution is 8.02. The van der Waals surface area contributed by atoms with Crippen LogP contribution in [0.1, 0.15) is 46.6 Å². The second-order valence-corrected chi connectivity index (χ2v) is 15.4. The van der Waals surface area contributed by atoms with Crippen molar-refractivity contribution in [1.82, 2.24) is 15.1 Å². The lowest BCUT2D eigenvalue weighted by molar-refractivity contribution is -0.384. The van der Waals surface area contributed by atoms with Crippen LogP contribution in [0.5, 0.6) is 0 Å². The van der Waals surface area contributed by atoms with Crippen LogP contribution in [0.25, 0.3) is 0 Å². The molecule has 4 aliphatic heterocycles. The molecule has 0 aliphatic carbocycles. The number of β-lactam (4-membered cyclic amide) rings is 2. The predicted molar refractivity (Wildman–Crippen MR) is 160 cm³/mol. The first-order valence-corrected chi connectivity index (χ1v) is 16.0. The molecular formula is C28H32N4O12S2. The van der Waals surface area contributed by atoms with E-state index in [0.717, 1.165) is 0 Å². The molecule has 1 unspecified atom stereocenters. The van der Waals surface area contributed by atoms with Gasteiger partial charge in [0.1, 0.15) is 36.7 Å². The third kappa shape index (κ3) is 6.19. The van der Waals surface area contributed by atoms with Crippen LogP contribution >= 0.6 is 23.5 Å². The van der Waals surface area contributed by atoms with E-state index in [0.29, 0.717) is 5.56 Å². The summed E-state index contributed by atoms with van der Waals surface area (Å²) in [5.74, 6) is -2.97. The molecule has 0 spiro atoms. The summed E-state index contributed by atoms with van der Waals surface area (Å²) >= 11 is 2.61. The zero-order valence-electron chi connectivity index (χ0n) is 25.5. The highest BCUT2D eigenvalue weighted by Gasteiger charge is 2.65. The summed E-state index contributed by atoms with van der Waals surface area (Å²) in [4.78, 5) is 88.9. The van der Waals surface area contributed by atoms with Crippen LogP contribution < -0.4 is 5.32 Å². The van der Waals surface area contributed by atoms with E-state index in [2.05, 4.69) is 5.32 Å². The zero-order chi connectivity index (χ0) is 33.7. The van der Waals surface area contributed by atoms with E-state index in [1.54, 1.807) is 20.8 Å². The average Bonchev–Trinajstić information content (AvgIpc) is 3.38. The van der Waals surface area contributed by atoms with Crippen molar-refractivity contribution in [3.05, 3.63) is 39.9 Å². The molecule has 5 rings (SSSR count). The Morgan fingerprint density at radius 2 is 1.65 bits per heavy atom. The average molecular weight is 681 g/mol. The Morgan fingerprint density at radius 1 is 1.02 bits per heavy atom. The number of hydrogen-bond acceptors (Lipinski definition) is 14. The number of hydrogen-bond donors (Lipinski definition) is 1. The van der Waals surface area contributed by atoms with Gasteiger partial charge in [0.2, 0.25) is 18.1 Å². The maximum atomic E-state index is 13.3. The SMILES string of the molecule is CC(=O)OC[C@]1(C)S[C@H]2CC(=O)N2[C@H]1C(=O)OC(C)OC(=O)[C@@H]1N2C(=O)[C@@H](NC(=O)OCc3ccc([N+](=O)[O-])cc3)[C@H]2SC1(C)C. The molecule has 3 amide bonds. The standard InChI is InChI=1S/C28H32N4O12S2/c1-13(33)42-12-28(5)21(30-17(34)10-18(30)45-28)25(37)44-14(2)43-24(36)20-27(3,4)46-23-19(22(35)31(20)23)29-26(38)41-11-15-6-8-16(9-7-15)32(39)40/h6-9,14,18-21,23H,10-12H2,1-5H3,(H,29,38)/t14?,18-,19+,20-,21-,23+,28-/m0/s1. The second kappa shape index (κ2) is 12.3. The lowest BCUT2D eigenvalue weighted by Gasteiger charge is -2.43. The fraction of sp³-hybridized carbons (Fsp3) is 0.571. The fourth-order valence-electron chi connectivity index (χ4n) is 5.84. The van der Waals surface area contributed by atoms with Gasteiger partial charge in [-0.3, -0.25) is 24.5 Å². The van der Waals surface area contributed by atoms with Crippen LogP contribution in [0.15, 0.2) is 24.3 Å². The molecule has 4 heterocycles. The maximum absolute atomic E-state index is 13.3. The highest BCUT2D eigenvalue weighted by Crippen LogP contribution is 2.52. The van der Waals surface area contributed by atoms with E-state index in [-0.39, 0.29) is 36.6 Å². The number of nitro groups is 1. The minimum Gasteiger partial charge on any atom is -0.464 e. The first-order chi connectivity index (χ1) is 21.5. The normalized spacial score (nSPS) is 29.4. The minimum atomic E-state index is -1.38. The van der Waals surface area contributed by atoms with Crippen molar-refractivity contribution < 1.29 is 52.6 Å². The van der Waals surface area contributed by atoms with Gasteiger partial charge in [0.25, 0.3) is 5.69 Å². The van der Waals surface area contributed by atoms with Gasteiger partial charge in [0.05, 0.1) is 21.5 Å². The quantitative estimate of drug-likeness (QED) is 0.0934. The molecule has 1 aromatic carbocycles. The Bertz CT molecular complexity index is 1490. The molecule has 18 heteroatoms. The first kappa shape index (κ1) is 33.3. The number of esters is 3. The summed E-state index contributed by atoms with van der Waals surface area (Å²) < 4.78 is 19.4. The molecule has 0 aromatic heterocycles. The summed E-state index contributed by atoms with van der Waals surface area (Å²) in [7, 11) is 0. The lowest BCUT2D eigenvalue weighted by Crippen LogP contribution is -2.70. The van der Waals surface area contributed by atoms with Crippen LogP contribution in [-0.2, 0) is 49.5 Å². The van der Waals surface area contributed by atoms with E-state index in [1.807, 2.05) is 0 Å². The van der Waals surface area contributed by atoms with Gasteiger partial charge in [-0.1, -0.05) is 0 Å². The molecule has 248 valence electrons. The number of carbonyl (C=O) groups is 6. The largest absolute Gasteiger partial charge is 0.464 e. The number of rotatable bonds is 10. The number of thioether (sulfide) groups is 2. The summed E-state index contributed by atoms with van der Waals surface area (Å²) in [5.41, 5.74) is 0.400. The van der Waals surface area contributed by atoms with Crippen LogP contribution in [0, 0.1) is 10.1 Å². The molecule has 16 nitrogen and oxygen atoms in total. The smallest absolute Gasteiger partial charge is 0.408 e. The lowest BCUT2D eigenvalue weighted by atomic mass is 9.96. The molecule has 0 bridgehead atoms. The summed E-state index contributed by atoms with van der Waals surface area (Å²) in [6, 6.07) is 2.34. The van der Waals surface area contributed by atoms with E-state index in [9.17, 15) is 38.9 Å². The topological polar surface area (TPSA) is 201 Å². The number of ether oxygens (including phenoxy) is 4. The number of amides is 3. The van der Waals surface area contributed by atoms with Gasteiger partial charge in [-0.15, -0.1) is 23.5 Å². The Morgan fingerprint density at radius 3 is 2.24 bits per heavy atom. The number of carbonyl (C=O) groups excluding carboxylic acids is 6. The van der Waals surface area contributed by atoms with Crippen molar-refractivity contribution in [2.24, 2.45) is 0 Å². The minimum absolute atomic E-state index is 0.108. The Hall–Kier alpha value is -4.06. The van der Waals surface area contributed by atoms with Gasteiger partial charge in [0, 0.05) is 30.7 Å². The fourth-order valence-corrected chi connectivity index (χ4v) is 9.12. The Labute approximate surface area is 271 Å². The van der Waals surface area contributed by atoms with E-state index >= 15 is 0 Å². The Kier molecular flexibility index (Phi) is 8.89. The third-order valence-electron chi connectivity index (χ3n) is 8.01.